The first kappa shape index (κ1) is 33.2. The number of amides is 4. The van der Waals surface area contributed by atoms with Crippen molar-refractivity contribution in [1.82, 2.24) is 16.0 Å². The van der Waals surface area contributed by atoms with Gasteiger partial charge in [-0.15, -0.1) is 0 Å². The van der Waals surface area contributed by atoms with E-state index in [2.05, 4.69) is 38.6 Å². The maximum atomic E-state index is 12.9. The highest BCUT2D eigenvalue weighted by molar-refractivity contribution is 7.80. The molecule has 0 spiro atoms. The van der Waals surface area contributed by atoms with Crippen molar-refractivity contribution in [3.8, 4) is 0 Å². The Morgan fingerprint density at radius 3 is 1.65 bits per heavy atom. The fourth-order valence-electron chi connectivity index (χ4n) is 2.84. The topological polar surface area (TPSA) is 323 Å². The number of hydrogen-bond acceptors (Lipinski definition) is 9. The van der Waals surface area contributed by atoms with Crippen molar-refractivity contribution in [3.63, 3.8) is 0 Å². The van der Waals surface area contributed by atoms with E-state index >= 15 is 0 Å². The lowest BCUT2D eigenvalue weighted by atomic mass is 10.1. The SMILES string of the molecule is NC(=O)CC(NC(=O)C(CS)NC(=O)C(CCCN=C(N)N)NC(=O)C(N)CCCN=C(N)N)C(=O)O. The second-order valence-corrected chi connectivity index (χ2v) is 8.24. The van der Waals surface area contributed by atoms with Gasteiger partial charge in [0.1, 0.15) is 18.1 Å². The molecular formula is C19H37N11O6S. The Labute approximate surface area is 219 Å². The van der Waals surface area contributed by atoms with Crippen molar-refractivity contribution in [3.05, 3.63) is 0 Å². The summed E-state index contributed by atoms with van der Waals surface area (Å²) in [5.74, 6) is -5.22. The number of carbonyl (C=O) groups is 5. The number of rotatable bonds is 18. The van der Waals surface area contributed by atoms with Crippen molar-refractivity contribution >= 4 is 54.1 Å². The van der Waals surface area contributed by atoms with Crippen LogP contribution in [0.25, 0.3) is 0 Å². The molecule has 210 valence electrons. The Kier molecular flexibility index (Phi) is 15.8. The van der Waals surface area contributed by atoms with E-state index in [-0.39, 0.29) is 50.0 Å². The van der Waals surface area contributed by atoms with Gasteiger partial charge in [0.25, 0.3) is 0 Å². The molecule has 18 heteroatoms. The number of nitrogens with two attached hydrogens (primary N) is 6. The number of thiol groups is 1. The van der Waals surface area contributed by atoms with Crippen molar-refractivity contribution in [2.45, 2.75) is 56.3 Å². The molecule has 17 nitrogen and oxygen atoms in total. The Balaban J connectivity index is 5.35. The van der Waals surface area contributed by atoms with Gasteiger partial charge in [-0.1, -0.05) is 0 Å². The van der Waals surface area contributed by atoms with Gasteiger partial charge >= 0.3 is 5.97 Å². The lowest BCUT2D eigenvalue weighted by Crippen LogP contribution is -2.57. The first-order valence-corrected chi connectivity index (χ1v) is 11.8. The highest BCUT2D eigenvalue weighted by Crippen LogP contribution is 2.04. The van der Waals surface area contributed by atoms with Crippen LogP contribution in [0.5, 0.6) is 0 Å². The van der Waals surface area contributed by atoms with Gasteiger partial charge in [0, 0.05) is 18.8 Å². The predicted molar refractivity (Wildman–Crippen MR) is 139 cm³/mol. The van der Waals surface area contributed by atoms with Gasteiger partial charge in [-0.25, -0.2) is 4.79 Å². The zero-order valence-electron chi connectivity index (χ0n) is 20.3. The Hall–Kier alpha value is -3.80. The van der Waals surface area contributed by atoms with Crippen molar-refractivity contribution < 1.29 is 29.1 Å². The largest absolute Gasteiger partial charge is 0.480 e. The third kappa shape index (κ3) is 15.0. The number of guanidine groups is 2. The number of carbonyl (C=O) groups excluding carboxylic acids is 4. The van der Waals surface area contributed by atoms with Crippen LogP contribution in [0.2, 0.25) is 0 Å². The maximum absolute atomic E-state index is 12.9. The van der Waals surface area contributed by atoms with Crippen LogP contribution in [0, 0.1) is 0 Å². The van der Waals surface area contributed by atoms with Crippen LogP contribution < -0.4 is 50.4 Å². The third-order valence-electron chi connectivity index (χ3n) is 4.72. The Bertz CT molecular complexity index is 861. The van der Waals surface area contributed by atoms with E-state index in [1.807, 2.05) is 0 Å². The number of nitrogens with zero attached hydrogens (tertiary/aromatic N) is 2. The van der Waals surface area contributed by atoms with E-state index in [0.717, 1.165) is 0 Å². The molecule has 0 rings (SSSR count). The minimum absolute atomic E-state index is 0.0788. The fourth-order valence-corrected chi connectivity index (χ4v) is 3.10. The number of aliphatic imine (C=N–C) groups is 2. The first-order valence-electron chi connectivity index (χ1n) is 11.2. The smallest absolute Gasteiger partial charge is 0.326 e. The van der Waals surface area contributed by atoms with E-state index in [1.54, 1.807) is 0 Å². The van der Waals surface area contributed by atoms with Gasteiger partial charge in [0.05, 0.1) is 12.5 Å². The van der Waals surface area contributed by atoms with E-state index in [9.17, 15) is 29.1 Å². The zero-order chi connectivity index (χ0) is 28.5. The van der Waals surface area contributed by atoms with Crippen molar-refractivity contribution in [2.75, 3.05) is 18.8 Å². The number of aliphatic carboxylic acids is 1. The average molecular weight is 548 g/mol. The normalized spacial score (nSPS) is 13.7. The maximum Gasteiger partial charge on any atom is 0.326 e. The fraction of sp³-hybridized carbons (Fsp3) is 0.632. The zero-order valence-corrected chi connectivity index (χ0v) is 21.2. The van der Waals surface area contributed by atoms with Crippen molar-refractivity contribution in [2.24, 2.45) is 44.4 Å². The van der Waals surface area contributed by atoms with Gasteiger partial charge in [-0.05, 0) is 25.7 Å². The molecule has 0 saturated heterocycles. The van der Waals surface area contributed by atoms with Gasteiger partial charge in [-0.2, -0.15) is 12.6 Å². The first-order chi connectivity index (χ1) is 17.3. The van der Waals surface area contributed by atoms with Crippen LogP contribution in [-0.2, 0) is 24.0 Å². The molecule has 0 aliphatic rings. The molecule has 0 heterocycles. The summed E-state index contributed by atoms with van der Waals surface area (Å²) in [4.78, 5) is 68.0. The standard InChI is InChI=1S/C19H37N11O6S/c20-9(3-1-5-26-18(22)23)14(32)28-10(4-2-6-27-19(24)25)15(33)30-12(8-37)16(34)29-11(17(35)36)7-13(21)31/h9-12,37H,1-8,20H2,(H2,21,31)(H,28,32)(H,29,34)(H,30,33)(H,35,36)(H4,22,23,26)(H4,24,25,27). The molecule has 0 aromatic heterocycles. The summed E-state index contributed by atoms with van der Waals surface area (Å²) in [7, 11) is 0. The van der Waals surface area contributed by atoms with E-state index < -0.39 is 60.2 Å². The van der Waals surface area contributed by atoms with E-state index in [0.29, 0.717) is 6.42 Å². The van der Waals surface area contributed by atoms with Crippen LogP contribution in [0.15, 0.2) is 9.98 Å². The lowest BCUT2D eigenvalue weighted by molar-refractivity contribution is -0.143. The molecule has 0 radical (unpaired) electrons. The summed E-state index contributed by atoms with van der Waals surface area (Å²) in [5.41, 5.74) is 32.0. The quantitative estimate of drug-likeness (QED) is 0.0333. The molecule has 0 fully saturated rings. The molecule has 0 aliphatic carbocycles. The lowest BCUT2D eigenvalue weighted by Gasteiger charge is -2.24. The second-order valence-electron chi connectivity index (χ2n) is 7.88. The molecule has 4 atom stereocenters. The summed E-state index contributed by atoms with van der Waals surface area (Å²) in [6.45, 7) is 0.425. The second kappa shape index (κ2) is 17.6. The van der Waals surface area contributed by atoms with Crippen LogP contribution in [0.3, 0.4) is 0 Å². The Morgan fingerprint density at radius 2 is 1.19 bits per heavy atom. The molecular weight excluding hydrogens is 510 g/mol. The molecule has 0 saturated carbocycles. The monoisotopic (exact) mass is 547 g/mol. The molecule has 16 N–H and O–H groups in total. The number of carboxylic acids is 1. The predicted octanol–water partition coefficient (Wildman–Crippen LogP) is -5.23. The summed E-state index contributed by atoms with van der Waals surface area (Å²) in [6, 6.07) is -5.01. The molecule has 0 aliphatic heterocycles. The van der Waals surface area contributed by atoms with Crippen LogP contribution >= 0.6 is 12.6 Å². The highest BCUT2D eigenvalue weighted by atomic mass is 32.1. The van der Waals surface area contributed by atoms with Gasteiger partial charge in [0.2, 0.25) is 23.6 Å². The molecule has 4 amide bonds. The summed E-state index contributed by atoms with van der Waals surface area (Å²) in [5, 5.41) is 16.2. The van der Waals surface area contributed by atoms with E-state index in [4.69, 9.17) is 34.4 Å². The van der Waals surface area contributed by atoms with Crippen molar-refractivity contribution in [1.29, 1.82) is 0 Å². The number of carboxylic acid groups (broad SMARTS) is 1. The van der Waals surface area contributed by atoms with Gasteiger partial charge in [-0.3, -0.25) is 29.2 Å². The number of nitrogens with one attached hydrogen (secondary N) is 3. The average Bonchev–Trinajstić information content (AvgIpc) is 2.80. The van der Waals surface area contributed by atoms with Gasteiger partial charge in [0.15, 0.2) is 11.9 Å². The Morgan fingerprint density at radius 1 is 0.730 bits per heavy atom. The van der Waals surface area contributed by atoms with Crippen LogP contribution in [0.4, 0.5) is 0 Å². The summed E-state index contributed by atoms with van der Waals surface area (Å²) in [6.07, 6.45) is 0.344. The molecule has 0 aromatic rings. The van der Waals surface area contributed by atoms with E-state index in [1.165, 1.54) is 0 Å². The van der Waals surface area contributed by atoms with Crippen LogP contribution in [-0.4, -0.2) is 89.6 Å². The van der Waals surface area contributed by atoms with Gasteiger partial charge < -0.3 is 55.5 Å². The summed E-state index contributed by atoms with van der Waals surface area (Å²) >= 11 is 4.02. The molecule has 0 aromatic carbocycles. The number of hydrogen-bond donors (Lipinski definition) is 11. The third-order valence-corrected chi connectivity index (χ3v) is 5.08. The number of primary amides is 1. The molecule has 37 heavy (non-hydrogen) atoms. The molecule has 4 unspecified atom stereocenters. The molecule has 0 bridgehead atoms. The minimum Gasteiger partial charge on any atom is -0.480 e. The van der Waals surface area contributed by atoms with Crippen LogP contribution in [0.1, 0.15) is 32.1 Å². The summed E-state index contributed by atoms with van der Waals surface area (Å²) < 4.78 is 0. The highest BCUT2D eigenvalue weighted by Gasteiger charge is 2.30. The minimum atomic E-state index is -1.60.